The number of hydrogen-bond donors (Lipinski definition) is 1. The Kier molecular flexibility index (Phi) is 5.96. The number of carbonyl (C=O) groups excluding carboxylic acids is 1. The second-order valence-corrected chi connectivity index (χ2v) is 9.19. The highest BCUT2D eigenvalue weighted by Crippen LogP contribution is 2.39. The molecule has 0 saturated carbocycles. The molecule has 0 fully saturated rings. The number of ether oxygens (including phenoxy) is 1. The van der Waals surface area contributed by atoms with E-state index >= 15 is 0 Å². The van der Waals surface area contributed by atoms with Crippen molar-refractivity contribution < 1.29 is 17.9 Å². The summed E-state index contributed by atoms with van der Waals surface area (Å²) in [6, 6.07) is 23.1. The zero-order valence-electron chi connectivity index (χ0n) is 17.7. The second kappa shape index (κ2) is 8.84. The number of methoxy groups -OCH3 is 1. The molecule has 3 aromatic carbocycles. The van der Waals surface area contributed by atoms with Gasteiger partial charge >= 0.3 is 0 Å². The molecule has 1 aliphatic heterocycles. The van der Waals surface area contributed by atoms with E-state index in [4.69, 9.17) is 4.74 Å². The van der Waals surface area contributed by atoms with Gasteiger partial charge < -0.3 is 4.74 Å². The van der Waals surface area contributed by atoms with Crippen LogP contribution in [0.4, 0.5) is 5.69 Å². The molecular formula is C24H23N3O4S. The van der Waals surface area contributed by atoms with Crippen LogP contribution in [0.25, 0.3) is 0 Å². The number of nitrogens with one attached hydrogen (secondary N) is 1. The van der Waals surface area contributed by atoms with Crippen molar-refractivity contribution in [1.82, 2.24) is 5.01 Å². The van der Waals surface area contributed by atoms with E-state index in [0.717, 1.165) is 11.8 Å². The first-order valence-corrected chi connectivity index (χ1v) is 11.9. The number of benzene rings is 3. The molecule has 0 aliphatic carbocycles. The molecule has 1 heterocycles. The van der Waals surface area contributed by atoms with E-state index in [1.165, 1.54) is 5.01 Å². The summed E-state index contributed by atoms with van der Waals surface area (Å²) < 4.78 is 31.8. The van der Waals surface area contributed by atoms with Crippen LogP contribution in [0.2, 0.25) is 0 Å². The number of rotatable bonds is 6. The minimum Gasteiger partial charge on any atom is -0.496 e. The van der Waals surface area contributed by atoms with Gasteiger partial charge in [-0.1, -0.05) is 54.6 Å². The third-order valence-electron chi connectivity index (χ3n) is 5.17. The molecule has 0 radical (unpaired) electrons. The highest BCUT2D eigenvalue weighted by Gasteiger charge is 2.35. The van der Waals surface area contributed by atoms with Gasteiger partial charge in [-0.2, -0.15) is 5.10 Å². The number of amides is 1. The van der Waals surface area contributed by atoms with Crippen LogP contribution in [0.15, 0.2) is 84.0 Å². The summed E-state index contributed by atoms with van der Waals surface area (Å²) in [7, 11) is -1.90. The van der Waals surface area contributed by atoms with Crippen molar-refractivity contribution in [2.24, 2.45) is 5.10 Å². The van der Waals surface area contributed by atoms with E-state index in [9.17, 15) is 13.2 Å². The van der Waals surface area contributed by atoms with Crippen molar-refractivity contribution in [2.75, 3.05) is 18.1 Å². The van der Waals surface area contributed by atoms with Crippen LogP contribution in [0, 0.1) is 0 Å². The summed E-state index contributed by atoms with van der Waals surface area (Å²) in [5.41, 5.74) is 2.99. The highest BCUT2D eigenvalue weighted by atomic mass is 32.2. The number of para-hydroxylation sites is 2. The van der Waals surface area contributed by atoms with Gasteiger partial charge in [-0.05, 0) is 24.3 Å². The number of hydrogen-bond acceptors (Lipinski definition) is 5. The maximum Gasteiger partial charge on any atom is 0.274 e. The average molecular weight is 450 g/mol. The fourth-order valence-corrected chi connectivity index (χ4v) is 4.36. The Bertz CT molecular complexity index is 1270. The Morgan fingerprint density at radius 3 is 2.38 bits per heavy atom. The maximum atomic E-state index is 13.4. The van der Waals surface area contributed by atoms with Gasteiger partial charge in [0.15, 0.2) is 0 Å². The maximum absolute atomic E-state index is 13.4. The van der Waals surface area contributed by atoms with Crippen molar-refractivity contribution in [3.63, 3.8) is 0 Å². The van der Waals surface area contributed by atoms with Crippen molar-refractivity contribution in [3.8, 4) is 5.75 Å². The standard InChI is InChI=1S/C24H23N3O4S/c1-31-23-15-9-7-13-19(23)22-16-21(18-12-6-8-14-20(18)26-32(2,29)30)25-27(22)24(28)17-10-4-3-5-11-17/h3-15,22,26H,16H2,1-2H3/t22-/m1/s1. The van der Waals surface area contributed by atoms with E-state index in [2.05, 4.69) is 9.82 Å². The summed E-state index contributed by atoms with van der Waals surface area (Å²) in [6.45, 7) is 0. The summed E-state index contributed by atoms with van der Waals surface area (Å²) in [5.74, 6) is 0.410. The molecule has 0 bridgehead atoms. The quantitative estimate of drug-likeness (QED) is 0.615. The van der Waals surface area contributed by atoms with Crippen LogP contribution in [0.3, 0.4) is 0 Å². The molecule has 0 spiro atoms. The SMILES string of the molecule is COc1ccccc1[C@H]1CC(c2ccccc2NS(C)(=O)=O)=NN1C(=O)c1ccccc1. The first kappa shape index (κ1) is 21.6. The Morgan fingerprint density at radius 1 is 1.00 bits per heavy atom. The minimum atomic E-state index is -3.48. The van der Waals surface area contributed by atoms with Gasteiger partial charge in [0.1, 0.15) is 5.75 Å². The Labute approximate surface area is 187 Å². The van der Waals surface area contributed by atoms with Gasteiger partial charge in [0.2, 0.25) is 10.0 Å². The number of hydrazone groups is 1. The first-order chi connectivity index (χ1) is 15.4. The zero-order valence-corrected chi connectivity index (χ0v) is 18.5. The van der Waals surface area contributed by atoms with Gasteiger partial charge in [-0.15, -0.1) is 0 Å². The lowest BCUT2D eigenvalue weighted by Crippen LogP contribution is -2.27. The van der Waals surface area contributed by atoms with Crippen LogP contribution in [0.5, 0.6) is 5.75 Å². The summed E-state index contributed by atoms with van der Waals surface area (Å²) >= 11 is 0. The molecule has 1 N–H and O–H groups in total. The Morgan fingerprint density at radius 2 is 1.66 bits per heavy atom. The number of sulfonamides is 1. The predicted octanol–water partition coefficient (Wildman–Crippen LogP) is 4.06. The highest BCUT2D eigenvalue weighted by molar-refractivity contribution is 7.92. The van der Waals surface area contributed by atoms with Gasteiger partial charge in [-0.25, -0.2) is 13.4 Å². The zero-order chi connectivity index (χ0) is 22.7. The van der Waals surface area contributed by atoms with E-state index in [0.29, 0.717) is 34.7 Å². The van der Waals surface area contributed by atoms with Gasteiger partial charge in [0.25, 0.3) is 5.91 Å². The molecule has 8 heteroatoms. The third-order valence-corrected chi connectivity index (χ3v) is 5.76. The molecule has 4 rings (SSSR count). The molecule has 0 unspecified atom stereocenters. The molecule has 1 amide bonds. The molecule has 32 heavy (non-hydrogen) atoms. The molecule has 7 nitrogen and oxygen atoms in total. The number of anilines is 1. The van der Waals surface area contributed by atoms with Crippen LogP contribution in [-0.4, -0.2) is 38.4 Å². The van der Waals surface area contributed by atoms with Crippen LogP contribution in [0.1, 0.15) is 33.9 Å². The normalized spacial score (nSPS) is 15.9. The average Bonchev–Trinajstić information content (AvgIpc) is 3.23. The molecule has 1 aliphatic rings. The molecular weight excluding hydrogens is 426 g/mol. The van der Waals surface area contributed by atoms with Crippen molar-refractivity contribution in [2.45, 2.75) is 12.5 Å². The van der Waals surface area contributed by atoms with Crippen LogP contribution in [-0.2, 0) is 10.0 Å². The summed E-state index contributed by atoms with van der Waals surface area (Å²) in [6.07, 6.45) is 1.50. The van der Waals surface area contributed by atoms with Crippen LogP contribution < -0.4 is 9.46 Å². The van der Waals surface area contributed by atoms with Gasteiger partial charge in [0.05, 0.1) is 30.8 Å². The fourth-order valence-electron chi connectivity index (χ4n) is 3.78. The largest absolute Gasteiger partial charge is 0.496 e. The van der Waals surface area contributed by atoms with E-state index in [-0.39, 0.29) is 5.91 Å². The third kappa shape index (κ3) is 4.50. The van der Waals surface area contributed by atoms with E-state index in [1.807, 2.05) is 36.4 Å². The monoisotopic (exact) mass is 449 g/mol. The van der Waals surface area contributed by atoms with E-state index in [1.54, 1.807) is 49.6 Å². The van der Waals surface area contributed by atoms with E-state index < -0.39 is 16.1 Å². The Hall–Kier alpha value is -3.65. The van der Waals surface area contributed by atoms with Crippen LogP contribution >= 0.6 is 0 Å². The van der Waals surface area contributed by atoms with Crippen molar-refractivity contribution in [1.29, 1.82) is 0 Å². The topological polar surface area (TPSA) is 88.1 Å². The lowest BCUT2D eigenvalue weighted by molar-refractivity contribution is 0.0709. The van der Waals surface area contributed by atoms with Gasteiger partial charge in [0, 0.05) is 23.1 Å². The number of nitrogens with zero attached hydrogens (tertiary/aromatic N) is 2. The summed E-state index contributed by atoms with van der Waals surface area (Å²) in [5, 5.41) is 6.13. The predicted molar refractivity (Wildman–Crippen MR) is 124 cm³/mol. The second-order valence-electron chi connectivity index (χ2n) is 7.44. The lowest BCUT2D eigenvalue weighted by atomic mass is 9.96. The fraction of sp³-hybridized carbons (Fsp3) is 0.167. The van der Waals surface area contributed by atoms with Gasteiger partial charge in [-0.3, -0.25) is 9.52 Å². The molecule has 0 aromatic heterocycles. The Balaban J connectivity index is 1.80. The molecule has 0 saturated heterocycles. The smallest absolute Gasteiger partial charge is 0.274 e. The molecule has 3 aromatic rings. The molecule has 1 atom stereocenters. The summed E-state index contributed by atoms with van der Waals surface area (Å²) in [4.78, 5) is 13.4. The number of carbonyl (C=O) groups is 1. The lowest BCUT2D eigenvalue weighted by Gasteiger charge is -2.23. The first-order valence-electron chi connectivity index (χ1n) is 10.0. The minimum absolute atomic E-state index is 0.245. The van der Waals surface area contributed by atoms with Crippen molar-refractivity contribution in [3.05, 3.63) is 95.6 Å². The molecule has 164 valence electrons. The van der Waals surface area contributed by atoms with Crippen molar-refractivity contribution >= 4 is 27.3 Å².